The normalized spacial score (nSPS) is 9.38. The highest BCUT2D eigenvalue weighted by Crippen LogP contribution is 2.13. The van der Waals surface area contributed by atoms with Gasteiger partial charge in [0.15, 0.2) is 0 Å². The summed E-state index contributed by atoms with van der Waals surface area (Å²) in [6, 6.07) is 7.30. The van der Waals surface area contributed by atoms with Gasteiger partial charge in [-0.15, -0.1) is 0 Å². The van der Waals surface area contributed by atoms with Crippen molar-refractivity contribution < 1.29 is 9.53 Å². The summed E-state index contributed by atoms with van der Waals surface area (Å²) in [5.41, 5.74) is 1.14. The van der Waals surface area contributed by atoms with Crippen LogP contribution >= 0.6 is 15.9 Å². The lowest BCUT2D eigenvalue weighted by Crippen LogP contribution is -2.21. The second-order valence-electron chi connectivity index (χ2n) is 2.42. The van der Waals surface area contributed by atoms with Gasteiger partial charge < -0.3 is 10.1 Å². The number of nitrogens with one attached hydrogen (secondary N) is 1. The molecule has 0 atom stereocenters. The monoisotopic (exact) mass is 243 g/mol. The van der Waals surface area contributed by atoms with Crippen molar-refractivity contribution in [1.82, 2.24) is 5.32 Å². The summed E-state index contributed by atoms with van der Waals surface area (Å²) in [4.78, 5) is 10.8. The van der Waals surface area contributed by atoms with Gasteiger partial charge in [0.1, 0.15) is 5.75 Å². The SMILES string of the molecule is CNC(=O)Oc1ccc(CBr)cc1. The lowest BCUT2D eigenvalue weighted by Gasteiger charge is -2.03. The van der Waals surface area contributed by atoms with Crippen molar-refractivity contribution in [3.05, 3.63) is 29.8 Å². The summed E-state index contributed by atoms with van der Waals surface area (Å²) < 4.78 is 4.90. The highest BCUT2D eigenvalue weighted by molar-refractivity contribution is 9.08. The van der Waals surface area contributed by atoms with Gasteiger partial charge in [0, 0.05) is 12.4 Å². The van der Waals surface area contributed by atoms with Gasteiger partial charge in [-0.05, 0) is 17.7 Å². The predicted octanol–water partition coefficient (Wildman–Crippen LogP) is 2.30. The molecule has 0 bridgehead atoms. The van der Waals surface area contributed by atoms with E-state index < -0.39 is 6.09 Å². The molecule has 1 aromatic rings. The Labute approximate surface area is 85.2 Å². The molecule has 1 N–H and O–H groups in total. The summed E-state index contributed by atoms with van der Waals surface area (Å²) >= 11 is 3.33. The first-order chi connectivity index (χ1) is 6.26. The summed E-state index contributed by atoms with van der Waals surface area (Å²) in [5.74, 6) is 0.545. The molecular formula is C9H10BrNO2. The van der Waals surface area contributed by atoms with Crippen LogP contribution in [0.4, 0.5) is 4.79 Å². The maximum atomic E-state index is 10.8. The van der Waals surface area contributed by atoms with Crippen LogP contribution in [-0.2, 0) is 5.33 Å². The molecule has 0 fully saturated rings. The van der Waals surface area contributed by atoms with Crippen LogP contribution in [0.1, 0.15) is 5.56 Å². The average molecular weight is 244 g/mol. The molecule has 1 rings (SSSR count). The number of alkyl halides is 1. The van der Waals surface area contributed by atoms with Crippen LogP contribution in [0.5, 0.6) is 5.75 Å². The van der Waals surface area contributed by atoms with Crippen molar-refractivity contribution in [2.45, 2.75) is 5.33 Å². The van der Waals surface area contributed by atoms with Gasteiger partial charge in [-0.1, -0.05) is 28.1 Å². The first-order valence-corrected chi connectivity index (χ1v) is 4.93. The van der Waals surface area contributed by atoms with E-state index in [1.807, 2.05) is 12.1 Å². The number of ether oxygens (including phenoxy) is 1. The largest absolute Gasteiger partial charge is 0.412 e. The number of carbonyl (C=O) groups excluding carboxylic acids is 1. The summed E-state index contributed by atoms with van der Waals surface area (Å²) in [6.45, 7) is 0. The number of carbonyl (C=O) groups is 1. The molecule has 70 valence electrons. The van der Waals surface area contributed by atoms with Crippen molar-refractivity contribution in [3.63, 3.8) is 0 Å². The van der Waals surface area contributed by atoms with Gasteiger partial charge in [0.05, 0.1) is 0 Å². The molecule has 0 radical (unpaired) electrons. The molecule has 0 saturated heterocycles. The Balaban J connectivity index is 2.64. The van der Waals surface area contributed by atoms with Gasteiger partial charge in [-0.25, -0.2) is 4.79 Å². The quantitative estimate of drug-likeness (QED) is 0.810. The Kier molecular flexibility index (Phi) is 3.76. The van der Waals surface area contributed by atoms with Crippen LogP contribution in [0.15, 0.2) is 24.3 Å². The summed E-state index contributed by atoms with van der Waals surface area (Å²) in [6.07, 6.45) is -0.452. The third-order valence-electron chi connectivity index (χ3n) is 1.49. The molecule has 1 aromatic carbocycles. The molecule has 0 aliphatic rings. The van der Waals surface area contributed by atoms with Crippen LogP contribution in [0.25, 0.3) is 0 Å². The zero-order chi connectivity index (χ0) is 9.68. The Morgan fingerprint density at radius 1 is 1.46 bits per heavy atom. The Morgan fingerprint density at radius 3 is 2.54 bits per heavy atom. The van der Waals surface area contributed by atoms with E-state index >= 15 is 0 Å². The van der Waals surface area contributed by atoms with Crippen LogP contribution in [0.2, 0.25) is 0 Å². The fraction of sp³-hybridized carbons (Fsp3) is 0.222. The molecule has 0 aliphatic heterocycles. The molecule has 0 aromatic heterocycles. The van der Waals surface area contributed by atoms with Gasteiger partial charge in [0.25, 0.3) is 0 Å². The number of benzene rings is 1. The molecule has 0 spiro atoms. The summed E-state index contributed by atoms with van der Waals surface area (Å²) in [5, 5.41) is 3.17. The van der Waals surface area contributed by atoms with Gasteiger partial charge in [0.2, 0.25) is 0 Å². The van der Waals surface area contributed by atoms with E-state index in [-0.39, 0.29) is 0 Å². The van der Waals surface area contributed by atoms with Gasteiger partial charge in [-0.3, -0.25) is 0 Å². The van der Waals surface area contributed by atoms with Crippen molar-refractivity contribution in [2.24, 2.45) is 0 Å². The van der Waals surface area contributed by atoms with E-state index in [4.69, 9.17) is 4.74 Å². The fourth-order valence-electron chi connectivity index (χ4n) is 0.805. The first kappa shape index (κ1) is 10.1. The minimum Gasteiger partial charge on any atom is -0.410 e. The van der Waals surface area contributed by atoms with Crippen LogP contribution in [-0.4, -0.2) is 13.1 Å². The third kappa shape index (κ3) is 3.06. The fourth-order valence-corrected chi connectivity index (χ4v) is 1.18. The first-order valence-electron chi connectivity index (χ1n) is 3.80. The lowest BCUT2D eigenvalue weighted by atomic mass is 10.2. The molecule has 1 amide bonds. The van der Waals surface area contributed by atoms with E-state index in [9.17, 15) is 4.79 Å². The van der Waals surface area contributed by atoms with E-state index in [1.165, 1.54) is 7.05 Å². The van der Waals surface area contributed by atoms with Crippen LogP contribution < -0.4 is 10.1 Å². The van der Waals surface area contributed by atoms with Crippen molar-refractivity contribution in [2.75, 3.05) is 7.05 Å². The Bertz CT molecular complexity index is 284. The maximum absolute atomic E-state index is 10.8. The third-order valence-corrected chi connectivity index (χ3v) is 2.14. The lowest BCUT2D eigenvalue weighted by molar-refractivity contribution is 0.203. The highest BCUT2D eigenvalue weighted by Gasteiger charge is 1.99. The van der Waals surface area contributed by atoms with Gasteiger partial charge in [-0.2, -0.15) is 0 Å². The zero-order valence-corrected chi connectivity index (χ0v) is 8.80. The Morgan fingerprint density at radius 2 is 2.08 bits per heavy atom. The van der Waals surface area contributed by atoms with E-state index in [0.29, 0.717) is 5.75 Å². The van der Waals surface area contributed by atoms with Crippen molar-refractivity contribution in [1.29, 1.82) is 0 Å². The zero-order valence-electron chi connectivity index (χ0n) is 7.21. The average Bonchev–Trinajstić information content (AvgIpc) is 2.19. The standard InChI is InChI=1S/C9H10BrNO2/c1-11-9(12)13-8-4-2-7(6-10)3-5-8/h2-5H,6H2,1H3,(H,11,12). The number of halogens is 1. The molecular weight excluding hydrogens is 234 g/mol. The highest BCUT2D eigenvalue weighted by atomic mass is 79.9. The number of hydrogen-bond donors (Lipinski definition) is 1. The van der Waals surface area contributed by atoms with E-state index in [0.717, 1.165) is 10.9 Å². The predicted molar refractivity (Wildman–Crippen MR) is 54.2 cm³/mol. The second kappa shape index (κ2) is 4.87. The number of hydrogen-bond acceptors (Lipinski definition) is 2. The Hall–Kier alpha value is -1.03. The molecule has 0 heterocycles. The van der Waals surface area contributed by atoms with Crippen LogP contribution in [0.3, 0.4) is 0 Å². The van der Waals surface area contributed by atoms with Gasteiger partial charge >= 0.3 is 6.09 Å². The minimum absolute atomic E-state index is 0.452. The van der Waals surface area contributed by atoms with E-state index in [1.54, 1.807) is 12.1 Å². The van der Waals surface area contributed by atoms with Crippen molar-refractivity contribution >= 4 is 22.0 Å². The summed E-state index contributed by atoms with van der Waals surface area (Å²) in [7, 11) is 1.52. The molecule has 4 heteroatoms. The molecule has 0 unspecified atom stereocenters. The second-order valence-corrected chi connectivity index (χ2v) is 2.98. The molecule has 3 nitrogen and oxygen atoms in total. The van der Waals surface area contributed by atoms with Crippen molar-refractivity contribution in [3.8, 4) is 5.75 Å². The number of amides is 1. The van der Waals surface area contributed by atoms with Crippen LogP contribution in [0, 0.1) is 0 Å². The number of rotatable bonds is 2. The smallest absolute Gasteiger partial charge is 0.410 e. The molecule has 13 heavy (non-hydrogen) atoms. The topological polar surface area (TPSA) is 38.3 Å². The molecule has 0 aliphatic carbocycles. The molecule has 0 saturated carbocycles. The minimum atomic E-state index is -0.452. The van der Waals surface area contributed by atoms with E-state index in [2.05, 4.69) is 21.2 Å². The maximum Gasteiger partial charge on any atom is 0.412 e.